The Labute approximate surface area is 107 Å². The first kappa shape index (κ1) is 12.2. The third-order valence-corrected chi connectivity index (χ3v) is 3.75. The van der Waals surface area contributed by atoms with Gasteiger partial charge in [0.25, 0.3) is 0 Å². The zero-order valence-corrected chi connectivity index (χ0v) is 11.0. The predicted molar refractivity (Wildman–Crippen MR) is 70.2 cm³/mol. The lowest BCUT2D eigenvalue weighted by molar-refractivity contribution is 0.481. The van der Waals surface area contributed by atoms with Crippen LogP contribution in [0.25, 0.3) is 0 Å². The van der Waals surface area contributed by atoms with Gasteiger partial charge in [0.15, 0.2) is 0 Å². The lowest BCUT2D eigenvalue weighted by atomic mass is 10.0. The third kappa shape index (κ3) is 2.91. The van der Waals surface area contributed by atoms with E-state index in [1.54, 1.807) is 0 Å². The van der Waals surface area contributed by atoms with Crippen LogP contribution < -0.4 is 5.32 Å². The van der Waals surface area contributed by atoms with Gasteiger partial charge in [0, 0.05) is 6.04 Å². The number of rotatable bonds is 5. The Morgan fingerprint density at radius 3 is 2.62 bits per heavy atom. The Kier molecular flexibility index (Phi) is 4.12. The lowest BCUT2D eigenvalue weighted by Gasteiger charge is -2.18. The second-order valence-corrected chi connectivity index (χ2v) is 5.26. The fourth-order valence-corrected chi connectivity index (χ4v) is 2.30. The van der Waals surface area contributed by atoms with Gasteiger partial charge in [0.2, 0.25) is 0 Å². The topological polar surface area (TPSA) is 12.0 Å². The Bertz CT molecular complexity index is 361. The molecule has 1 aliphatic carbocycles. The zero-order chi connectivity index (χ0) is 11.5. The maximum atomic E-state index is 6.06. The minimum atomic E-state index is 0.453. The molecule has 0 spiro atoms. The maximum Gasteiger partial charge on any atom is 0.0595 e. The molecule has 0 aliphatic heterocycles. The van der Waals surface area contributed by atoms with Gasteiger partial charge >= 0.3 is 0 Å². The third-order valence-electron chi connectivity index (χ3n) is 3.01. The van der Waals surface area contributed by atoms with Crippen LogP contribution in [-0.4, -0.2) is 6.54 Å². The van der Waals surface area contributed by atoms with Gasteiger partial charge in [-0.15, -0.1) is 0 Å². The van der Waals surface area contributed by atoms with E-state index in [0.717, 1.165) is 18.9 Å². The van der Waals surface area contributed by atoms with Crippen LogP contribution in [0.15, 0.2) is 18.2 Å². The zero-order valence-electron chi connectivity index (χ0n) is 9.47. The fraction of sp³-hybridized carbons (Fsp3) is 0.538. The normalized spacial score (nSPS) is 17.4. The van der Waals surface area contributed by atoms with Crippen LogP contribution >= 0.6 is 23.2 Å². The predicted octanol–water partition coefficient (Wildman–Crippen LogP) is 4.44. The van der Waals surface area contributed by atoms with Crippen molar-refractivity contribution in [3.63, 3.8) is 0 Å². The molecule has 1 saturated carbocycles. The van der Waals surface area contributed by atoms with E-state index in [1.165, 1.54) is 18.4 Å². The molecule has 16 heavy (non-hydrogen) atoms. The van der Waals surface area contributed by atoms with Crippen LogP contribution in [-0.2, 0) is 0 Å². The van der Waals surface area contributed by atoms with E-state index in [2.05, 4.69) is 18.3 Å². The Morgan fingerprint density at radius 1 is 1.31 bits per heavy atom. The number of benzene rings is 1. The first-order chi connectivity index (χ1) is 7.72. The highest BCUT2D eigenvalue weighted by molar-refractivity contribution is 6.42. The van der Waals surface area contributed by atoms with Gasteiger partial charge < -0.3 is 5.32 Å². The molecule has 0 bridgehead atoms. The molecule has 88 valence electrons. The molecular weight excluding hydrogens is 241 g/mol. The Hall–Kier alpha value is -0.240. The molecule has 1 unspecified atom stereocenters. The number of halogens is 2. The molecule has 1 aliphatic rings. The summed E-state index contributed by atoms with van der Waals surface area (Å²) in [6.07, 6.45) is 3.80. The SMILES string of the molecule is CCCNC(c1ccc(Cl)c(Cl)c1)C1CC1. The molecule has 0 aromatic heterocycles. The van der Waals surface area contributed by atoms with Crippen molar-refractivity contribution in [3.8, 4) is 0 Å². The van der Waals surface area contributed by atoms with Gasteiger partial charge in [-0.1, -0.05) is 36.2 Å². The van der Waals surface area contributed by atoms with Crippen LogP contribution in [0.5, 0.6) is 0 Å². The molecule has 0 saturated heterocycles. The summed E-state index contributed by atoms with van der Waals surface area (Å²) in [5.41, 5.74) is 1.27. The smallest absolute Gasteiger partial charge is 0.0595 e. The van der Waals surface area contributed by atoms with Gasteiger partial charge in [0.05, 0.1) is 10.0 Å². The van der Waals surface area contributed by atoms with Crippen LogP contribution in [0.2, 0.25) is 10.0 Å². The molecular formula is C13H17Cl2N. The van der Waals surface area contributed by atoms with Crippen molar-refractivity contribution < 1.29 is 0 Å². The summed E-state index contributed by atoms with van der Waals surface area (Å²) in [5, 5.41) is 4.88. The van der Waals surface area contributed by atoms with E-state index in [0.29, 0.717) is 16.1 Å². The van der Waals surface area contributed by atoms with Crippen molar-refractivity contribution in [2.24, 2.45) is 5.92 Å². The van der Waals surface area contributed by atoms with Crippen LogP contribution in [0, 0.1) is 5.92 Å². The van der Waals surface area contributed by atoms with Crippen LogP contribution in [0.3, 0.4) is 0 Å². The maximum absolute atomic E-state index is 6.06. The molecule has 1 aromatic carbocycles. The van der Waals surface area contributed by atoms with Crippen molar-refractivity contribution in [1.29, 1.82) is 0 Å². The quantitative estimate of drug-likeness (QED) is 0.823. The second-order valence-electron chi connectivity index (χ2n) is 4.44. The van der Waals surface area contributed by atoms with E-state index in [-0.39, 0.29) is 0 Å². The van der Waals surface area contributed by atoms with Gasteiger partial charge in [-0.2, -0.15) is 0 Å². The summed E-state index contributed by atoms with van der Waals surface area (Å²) in [4.78, 5) is 0. The minimum Gasteiger partial charge on any atom is -0.310 e. The van der Waals surface area contributed by atoms with E-state index < -0.39 is 0 Å². The highest BCUT2D eigenvalue weighted by atomic mass is 35.5. The van der Waals surface area contributed by atoms with Gasteiger partial charge in [-0.25, -0.2) is 0 Å². The van der Waals surface area contributed by atoms with Crippen LogP contribution in [0.1, 0.15) is 37.8 Å². The average molecular weight is 258 g/mol. The lowest BCUT2D eigenvalue weighted by Crippen LogP contribution is -2.23. The van der Waals surface area contributed by atoms with Gasteiger partial charge in [-0.3, -0.25) is 0 Å². The molecule has 1 N–H and O–H groups in total. The summed E-state index contributed by atoms with van der Waals surface area (Å²) in [6.45, 7) is 3.24. The standard InChI is InChI=1S/C13H17Cl2N/c1-2-7-16-13(9-3-4-9)10-5-6-11(14)12(15)8-10/h5-6,8-9,13,16H,2-4,7H2,1H3. The molecule has 0 amide bonds. The van der Waals surface area contributed by atoms with Crippen molar-refractivity contribution in [2.45, 2.75) is 32.2 Å². The largest absolute Gasteiger partial charge is 0.310 e. The summed E-state index contributed by atoms with van der Waals surface area (Å²) in [7, 11) is 0. The fourth-order valence-electron chi connectivity index (χ4n) is 1.99. The second kappa shape index (κ2) is 5.39. The van der Waals surface area contributed by atoms with Crippen LogP contribution in [0.4, 0.5) is 0 Å². The molecule has 3 heteroatoms. The van der Waals surface area contributed by atoms with E-state index in [1.807, 2.05) is 12.1 Å². The molecule has 2 rings (SSSR count). The Balaban J connectivity index is 2.14. The molecule has 1 atom stereocenters. The van der Waals surface area contributed by atoms with Crippen molar-refractivity contribution >= 4 is 23.2 Å². The first-order valence-corrected chi connectivity index (χ1v) is 6.66. The summed E-state index contributed by atoms with van der Waals surface area (Å²) in [6, 6.07) is 6.42. The van der Waals surface area contributed by atoms with Gasteiger partial charge in [0.1, 0.15) is 0 Å². The summed E-state index contributed by atoms with van der Waals surface area (Å²) in [5.74, 6) is 0.781. The average Bonchev–Trinajstić information content (AvgIpc) is 3.08. The molecule has 1 fully saturated rings. The minimum absolute atomic E-state index is 0.453. The van der Waals surface area contributed by atoms with Gasteiger partial charge in [-0.05, 0) is 49.4 Å². The number of nitrogens with one attached hydrogen (secondary N) is 1. The van der Waals surface area contributed by atoms with Crippen molar-refractivity contribution in [3.05, 3.63) is 33.8 Å². The highest BCUT2D eigenvalue weighted by Gasteiger charge is 2.31. The monoisotopic (exact) mass is 257 g/mol. The Morgan fingerprint density at radius 2 is 2.06 bits per heavy atom. The molecule has 1 aromatic rings. The van der Waals surface area contributed by atoms with E-state index in [9.17, 15) is 0 Å². The molecule has 0 heterocycles. The first-order valence-electron chi connectivity index (χ1n) is 5.90. The number of hydrogen-bond donors (Lipinski definition) is 1. The molecule has 0 radical (unpaired) electrons. The summed E-state index contributed by atoms with van der Waals surface area (Å²) < 4.78 is 0. The van der Waals surface area contributed by atoms with E-state index in [4.69, 9.17) is 23.2 Å². The van der Waals surface area contributed by atoms with Crippen molar-refractivity contribution in [2.75, 3.05) is 6.54 Å². The van der Waals surface area contributed by atoms with Crippen molar-refractivity contribution in [1.82, 2.24) is 5.32 Å². The highest BCUT2D eigenvalue weighted by Crippen LogP contribution is 2.42. The van der Waals surface area contributed by atoms with E-state index >= 15 is 0 Å². The summed E-state index contributed by atoms with van der Waals surface area (Å²) >= 11 is 12.0. The number of hydrogen-bond acceptors (Lipinski definition) is 1. The molecule has 1 nitrogen and oxygen atoms in total.